The van der Waals surface area contributed by atoms with Gasteiger partial charge < -0.3 is 14.4 Å². The predicted octanol–water partition coefficient (Wildman–Crippen LogP) is 1.61. The highest BCUT2D eigenvalue weighted by Crippen LogP contribution is 2.63. The number of halogens is 1. The van der Waals surface area contributed by atoms with Crippen molar-refractivity contribution in [3.63, 3.8) is 0 Å². The van der Waals surface area contributed by atoms with Gasteiger partial charge in [-0.15, -0.1) is 6.58 Å². The van der Waals surface area contributed by atoms with Crippen molar-refractivity contribution in [2.24, 2.45) is 17.3 Å². The topological polar surface area (TPSA) is 55.8 Å². The maximum Gasteiger partial charge on any atom is 0.409 e. The van der Waals surface area contributed by atoms with E-state index in [9.17, 15) is 9.59 Å². The summed E-state index contributed by atoms with van der Waals surface area (Å²) in [6.07, 6.45) is 1.79. The fourth-order valence-electron chi connectivity index (χ4n) is 4.42. The van der Waals surface area contributed by atoms with Crippen LogP contribution in [0.5, 0.6) is 0 Å². The zero-order valence-corrected chi connectivity index (χ0v) is 13.1. The van der Waals surface area contributed by atoms with Gasteiger partial charge in [-0.1, -0.05) is 22.0 Å². The lowest BCUT2D eigenvalue weighted by Gasteiger charge is -2.43. The van der Waals surface area contributed by atoms with Gasteiger partial charge in [0.2, 0.25) is 0 Å². The molecule has 6 heteroatoms. The Hall–Kier alpha value is -0.880. The van der Waals surface area contributed by atoms with E-state index in [0.717, 1.165) is 0 Å². The molecule has 1 unspecified atom stereocenters. The fourth-order valence-corrected chi connectivity index (χ4v) is 5.72. The summed E-state index contributed by atoms with van der Waals surface area (Å²) >= 11 is 3.70. The summed E-state index contributed by atoms with van der Waals surface area (Å²) in [4.78, 5) is 26.4. The first kappa shape index (κ1) is 14.1. The van der Waals surface area contributed by atoms with E-state index < -0.39 is 0 Å². The SMILES string of the molecule is C=C[C@]12CN(C(=O)OC)[C@@H]3[C@H](Br)[C@H]1CC(OC)C(=O)[C@@H]32. The van der Waals surface area contributed by atoms with E-state index in [1.54, 1.807) is 12.0 Å². The molecular weight excluding hydrogens is 326 g/mol. The van der Waals surface area contributed by atoms with Crippen molar-refractivity contribution < 1.29 is 19.1 Å². The van der Waals surface area contributed by atoms with E-state index in [0.29, 0.717) is 13.0 Å². The third kappa shape index (κ3) is 1.46. The molecule has 5 nitrogen and oxygen atoms in total. The number of amides is 1. The van der Waals surface area contributed by atoms with Crippen LogP contribution in [0, 0.1) is 17.3 Å². The van der Waals surface area contributed by atoms with E-state index in [2.05, 4.69) is 22.5 Å². The zero-order valence-electron chi connectivity index (χ0n) is 11.5. The van der Waals surface area contributed by atoms with Crippen LogP contribution in [-0.2, 0) is 14.3 Å². The first-order chi connectivity index (χ1) is 9.51. The Balaban J connectivity index is 2.05. The summed E-state index contributed by atoms with van der Waals surface area (Å²) < 4.78 is 10.2. The number of carbonyl (C=O) groups excluding carboxylic acids is 2. The van der Waals surface area contributed by atoms with Crippen LogP contribution in [0.3, 0.4) is 0 Å². The van der Waals surface area contributed by atoms with Gasteiger partial charge in [0.25, 0.3) is 0 Å². The Morgan fingerprint density at radius 3 is 2.80 bits per heavy atom. The van der Waals surface area contributed by atoms with Gasteiger partial charge in [0, 0.05) is 23.9 Å². The number of ether oxygens (including phenoxy) is 2. The number of hydrogen-bond acceptors (Lipinski definition) is 4. The molecule has 6 atom stereocenters. The zero-order chi connectivity index (χ0) is 14.7. The molecule has 1 heterocycles. The summed E-state index contributed by atoms with van der Waals surface area (Å²) in [6, 6.07) is -0.168. The monoisotopic (exact) mass is 343 g/mol. The second-order valence-corrected chi connectivity index (χ2v) is 6.85. The Morgan fingerprint density at radius 2 is 2.25 bits per heavy atom. The number of nitrogens with zero attached hydrogens (tertiary/aromatic N) is 1. The lowest BCUT2D eigenvalue weighted by atomic mass is 9.65. The summed E-state index contributed by atoms with van der Waals surface area (Å²) in [5, 5.41) is 0. The third-order valence-electron chi connectivity index (χ3n) is 5.29. The number of ketones is 1. The van der Waals surface area contributed by atoms with Crippen LogP contribution in [0.4, 0.5) is 4.79 Å². The van der Waals surface area contributed by atoms with Crippen molar-refractivity contribution in [2.45, 2.75) is 23.4 Å². The molecule has 1 amide bonds. The highest BCUT2D eigenvalue weighted by Gasteiger charge is 2.72. The molecule has 3 fully saturated rings. The van der Waals surface area contributed by atoms with Crippen LogP contribution >= 0.6 is 15.9 Å². The number of carbonyl (C=O) groups is 2. The van der Waals surface area contributed by atoms with Crippen LogP contribution in [-0.4, -0.2) is 54.5 Å². The second-order valence-electron chi connectivity index (χ2n) is 5.80. The van der Waals surface area contributed by atoms with Crippen LogP contribution < -0.4 is 0 Å². The molecule has 2 saturated carbocycles. The van der Waals surface area contributed by atoms with E-state index in [1.165, 1.54) is 7.11 Å². The molecule has 0 N–H and O–H groups in total. The molecule has 1 aliphatic heterocycles. The number of hydrogen-bond donors (Lipinski definition) is 0. The van der Waals surface area contributed by atoms with Gasteiger partial charge in [-0.05, 0) is 12.3 Å². The molecule has 1 saturated heterocycles. The van der Waals surface area contributed by atoms with Gasteiger partial charge in [0.15, 0.2) is 5.78 Å². The van der Waals surface area contributed by atoms with Gasteiger partial charge in [-0.25, -0.2) is 4.79 Å². The Kier molecular flexibility index (Phi) is 3.21. The molecule has 0 aromatic carbocycles. The van der Waals surface area contributed by atoms with Gasteiger partial charge in [0.1, 0.15) is 6.10 Å². The standard InChI is InChI=1S/C14H18BrNO4/c1-4-14-6-16(13(18)20-3)11-9(14)12(17)8(19-2)5-7(14)10(11)15/h4,7-11H,1,5-6H2,2-3H3/t7-,8?,9-,10-,11+,14+/m1/s1. The molecule has 0 aromatic rings. The van der Waals surface area contributed by atoms with Crippen LogP contribution in [0.2, 0.25) is 0 Å². The minimum Gasteiger partial charge on any atom is -0.453 e. The molecule has 0 radical (unpaired) electrons. The largest absolute Gasteiger partial charge is 0.453 e. The summed E-state index contributed by atoms with van der Waals surface area (Å²) in [5.41, 5.74) is -0.348. The van der Waals surface area contributed by atoms with Crippen molar-refractivity contribution >= 4 is 27.8 Å². The lowest BCUT2D eigenvalue weighted by Crippen LogP contribution is -2.50. The van der Waals surface area contributed by atoms with Crippen LogP contribution in [0.25, 0.3) is 0 Å². The molecule has 0 aromatic heterocycles. The first-order valence-corrected chi connectivity index (χ1v) is 7.62. The molecule has 3 aliphatic rings. The number of methoxy groups -OCH3 is 2. The van der Waals surface area contributed by atoms with Gasteiger partial charge in [-0.3, -0.25) is 4.79 Å². The summed E-state index contributed by atoms with van der Waals surface area (Å²) in [7, 11) is 2.93. The van der Waals surface area contributed by atoms with Crippen molar-refractivity contribution in [1.29, 1.82) is 0 Å². The fraction of sp³-hybridized carbons (Fsp3) is 0.714. The molecule has 3 rings (SSSR count). The molecule has 2 aliphatic carbocycles. The maximum atomic E-state index is 12.7. The predicted molar refractivity (Wildman–Crippen MR) is 75.6 cm³/mol. The molecule has 4 bridgehead atoms. The van der Waals surface area contributed by atoms with Crippen LogP contribution in [0.1, 0.15) is 6.42 Å². The van der Waals surface area contributed by atoms with Crippen LogP contribution in [0.15, 0.2) is 12.7 Å². The van der Waals surface area contributed by atoms with Crippen molar-refractivity contribution in [1.82, 2.24) is 4.90 Å². The summed E-state index contributed by atoms with van der Waals surface area (Å²) in [6.45, 7) is 4.45. The minimum atomic E-state index is -0.379. The van der Waals surface area contributed by atoms with E-state index in [4.69, 9.17) is 9.47 Å². The maximum absolute atomic E-state index is 12.7. The number of likely N-dealkylation sites (tertiary alicyclic amines) is 1. The average molecular weight is 344 g/mol. The lowest BCUT2D eigenvalue weighted by molar-refractivity contribution is -0.140. The van der Waals surface area contributed by atoms with Crippen molar-refractivity contribution in [3.8, 4) is 0 Å². The van der Waals surface area contributed by atoms with Gasteiger partial charge in [0.05, 0.1) is 19.1 Å². The summed E-state index contributed by atoms with van der Waals surface area (Å²) in [5.74, 6) is 0.104. The molecule has 0 spiro atoms. The Bertz CT molecular complexity index is 482. The van der Waals surface area contributed by atoms with Gasteiger partial charge in [-0.2, -0.15) is 0 Å². The van der Waals surface area contributed by atoms with Gasteiger partial charge >= 0.3 is 6.09 Å². The van der Waals surface area contributed by atoms with E-state index >= 15 is 0 Å². The molecular formula is C14H18BrNO4. The first-order valence-electron chi connectivity index (χ1n) is 6.70. The quantitative estimate of drug-likeness (QED) is 0.564. The smallest absolute Gasteiger partial charge is 0.409 e. The normalized spacial score (nSPS) is 45.6. The third-order valence-corrected chi connectivity index (χ3v) is 6.47. The number of Topliss-reactive ketones (excluding diaryl/α,β-unsaturated/α-hetero) is 1. The average Bonchev–Trinajstić information content (AvgIpc) is 2.89. The van der Waals surface area contributed by atoms with Crippen molar-refractivity contribution in [3.05, 3.63) is 12.7 Å². The van der Waals surface area contributed by atoms with Crippen molar-refractivity contribution in [2.75, 3.05) is 20.8 Å². The second kappa shape index (κ2) is 4.56. The Morgan fingerprint density at radius 1 is 1.55 bits per heavy atom. The Labute approximate surface area is 126 Å². The number of rotatable bonds is 2. The highest BCUT2D eigenvalue weighted by atomic mass is 79.9. The molecule has 20 heavy (non-hydrogen) atoms. The van der Waals surface area contributed by atoms with E-state index in [-0.39, 0.29) is 46.1 Å². The minimum absolute atomic E-state index is 0.0717. The van der Waals surface area contributed by atoms with E-state index in [1.807, 2.05) is 6.08 Å². The number of piperidine rings is 1. The molecule has 110 valence electrons. The number of alkyl halides is 1. The highest BCUT2D eigenvalue weighted by molar-refractivity contribution is 9.09.